The molecule has 1 aliphatic rings. The van der Waals surface area contributed by atoms with Crippen LogP contribution in [0.1, 0.15) is 11.1 Å². The van der Waals surface area contributed by atoms with Gasteiger partial charge in [0.1, 0.15) is 11.2 Å². The zero-order chi connectivity index (χ0) is 30.8. The second kappa shape index (κ2) is 10.0. The summed E-state index contributed by atoms with van der Waals surface area (Å²) in [5, 5.41) is 1.95. The third kappa shape index (κ3) is 4.14. The molecule has 218 valence electrons. The van der Waals surface area contributed by atoms with E-state index in [1.54, 1.807) is 18.2 Å². The zero-order valence-electron chi connectivity index (χ0n) is 24.3. The van der Waals surface area contributed by atoms with Crippen LogP contribution in [0.5, 0.6) is 0 Å². The number of halogens is 2. The Morgan fingerprint density at radius 1 is 0.413 bits per heavy atom. The molecule has 0 fully saturated rings. The van der Waals surface area contributed by atoms with E-state index in [0.29, 0.717) is 34.2 Å². The van der Waals surface area contributed by atoms with Crippen molar-refractivity contribution in [2.24, 2.45) is 0 Å². The lowest BCUT2D eigenvalue weighted by molar-refractivity contribution is 0.0481. The number of hydrogen-bond acceptors (Lipinski definition) is 4. The summed E-state index contributed by atoms with van der Waals surface area (Å²) in [6, 6.07) is 43.3. The van der Waals surface area contributed by atoms with Crippen molar-refractivity contribution in [2.45, 2.75) is 5.92 Å². The van der Waals surface area contributed by atoms with Crippen molar-refractivity contribution in [3.63, 3.8) is 0 Å². The van der Waals surface area contributed by atoms with E-state index >= 15 is 8.78 Å². The lowest BCUT2D eigenvalue weighted by atomic mass is 9.97. The number of fused-ring (bicyclic) bond motifs is 6. The fourth-order valence-corrected chi connectivity index (χ4v) is 6.38. The summed E-state index contributed by atoms with van der Waals surface area (Å²) in [7, 11) is 0. The number of hydrogen-bond donors (Lipinski definition) is 0. The van der Waals surface area contributed by atoms with E-state index in [4.69, 9.17) is 19.4 Å². The highest BCUT2D eigenvalue weighted by atomic mass is 19.3. The maximum atomic E-state index is 16.4. The Bertz CT molecular complexity index is 2400. The highest BCUT2D eigenvalue weighted by Crippen LogP contribution is 2.52. The van der Waals surface area contributed by atoms with Crippen LogP contribution in [-0.4, -0.2) is 15.0 Å². The molecule has 1 aliphatic carbocycles. The maximum Gasteiger partial charge on any atom is 0.299 e. The SMILES string of the molecule is FC1(F)c2cc(-c3ccc4oc5ccccc5c4c3)ccc2-c2ccc(-c3nc(-c4ccccc4)nc(-c4ccccc4)n3)cc21. The predicted octanol–water partition coefficient (Wildman–Crippen LogP) is 10.6. The van der Waals surface area contributed by atoms with Gasteiger partial charge in [0.2, 0.25) is 0 Å². The van der Waals surface area contributed by atoms with E-state index in [1.807, 2.05) is 115 Å². The molecule has 0 saturated carbocycles. The second-order valence-electron chi connectivity index (χ2n) is 11.4. The van der Waals surface area contributed by atoms with Crippen LogP contribution in [0, 0.1) is 0 Å². The van der Waals surface area contributed by atoms with Crippen molar-refractivity contribution in [3.05, 3.63) is 151 Å². The molecular formula is C40H23F2N3O. The normalized spacial score (nSPS) is 13.2. The highest BCUT2D eigenvalue weighted by Gasteiger charge is 2.44. The van der Waals surface area contributed by atoms with Crippen molar-refractivity contribution in [3.8, 4) is 56.4 Å². The fourth-order valence-electron chi connectivity index (χ4n) is 6.38. The number of aromatic nitrogens is 3. The van der Waals surface area contributed by atoms with Gasteiger partial charge in [0.15, 0.2) is 17.5 Å². The molecule has 0 radical (unpaired) electrons. The molecule has 8 aromatic rings. The van der Waals surface area contributed by atoms with E-state index in [2.05, 4.69) is 0 Å². The van der Waals surface area contributed by atoms with Gasteiger partial charge >= 0.3 is 0 Å². The number of para-hydroxylation sites is 1. The lowest BCUT2D eigenvalue weighted by Crippen LogP contribution is -2.11. The van der Waals surface area contributed by atoms with Gasteiger partial charge in [-0.2, -0.15) is 8.78 Å². The Balaban J connectivity index is 1.14. The van der Waals surface area contributed by atoms with E-state index in [0.717, 1.165) is 44.2 Å². The number of alkyl halides is 2. The molecule has 0 N–H and O–H groups in total. The molecule has 6 heteroatoms. The van der Waals surface area contributed by atoms with Gasteiger partial charge in [-0.1, -0.05) is 109 Å². The average molecular weight is 600 g/mol. The Labute approximate surface area is 262 Å². The summed E-state index contributed by atoms with van der Waals surface area (Å²) in [6.07, 6.45) is 0. The summed E-state index contributed by atoms with van der Waals surface area (Å²) in [4.78, 5) is 14.2. The van der Waals surface area contributed by atoms with Crippen molar-refractivity contribution in [1.82, 2.24) is 15.0 Å². The minimum atomic E-state index is -3.21. The van der Waals surface area contributed by atoms with Gasteiger partial charge in [0.05, 0.1) is 0 Å². The Morgan fingerprint density at radius 2 is 0.891 bits per heavy atom. The molecule has 0 aliphatic heterocycles. The summed E-state index contributed by atoms with van der Waals surface area (Å²) >= 11 is 0. The molecule has 0 amide bonds. The zero-order valence-corrected chi connectivity index (χ0v) is 24.3. The third-order valence-electron chi connectivity index (χ3n) is 8.67. The first-order chi connectivity index (χ1) is 22.5. The van der Waals surface area contributed by atoms with E-state index in [-0.39, 0.29) is 11.1 Å². The van der Waals surface area contributed by atoms with Crippen LogP contribution in [0.2, 0.25) is 0 Å². The summed E-state index contributed by atoms with van der Waals surface area (Å²) in [6.45, 7) is 0. The standard InChI is InChI=1S/C40H23F2N3O/c41-40(42)33-22-27(26-17-20-36-32(21-26)31-13-7-8-14-35(31)46-36)15-18-29(33)30-19-16-28(23-34(30)40)39-44-37(24-9-3-1-4-10-24)43-38(45-39)25-11-5-2-6-12-25/h1-23H. The molecule has 0 unspecified atom stereocenters. The number of nitrogens with zero attached hydrogens (tertiary/aromatic N) is 3. The average Bonchev–Trinajstić information content (AvgIpc) is 3.60. The van der Waals surface area contributed by atoms with E-state index in [9.17, 15) is 0 Å². The number of rotatable bonds is 4. The molecule has 9 rings (SSSR count). The quantitative estimate of drug-likeness (QED) is 0.202. The molecule has 6 aromatic carbocycles. The van der Waals surface area contributed by atoms with Gasteiger partial charge in [-0.3, -0.25) is 0 Å². The monoisotopic (exact) mass is 599 g/mol. The van der Waals surface area contributed by atoms with E-state index in [1.165, 1.54) is 6.07 Å². The van der Waals surface area contributed by atoms with Crippen LogP contribution in [0.15, 0.2) is 144 Å². The third-order valence-corrected chi connectivity index (χ3v) is 8.67. The minimum absolute atomic E-state index is 0.0140. The van der Waals surface area contributed by atoms with Gasteiger partial charge in [-0.05, 0) is 52.6 Å². The fraction of sp³-hybridized carbons (Fsp3) is 0.0250. The topological polar surface area (TPSA) is 51.8 Å². The summed E-state index contributed by atoms with van der Waals surface area (Å²) in [5.74, 6) is -1.91. The molecular weight excluding hydrogens is 576 g/mol. The molecule has 46 heavy (non-hydrogen) atoms. The first-order valence-electron chi connectivity index (χ1n) is 15.0. The molecule has 0 saturated heterocycles. The van der Waals surface area contributed by atoms with Crippen molar-refractivity contribution in [2.75, 3.05) is 0 Å². The maximum absolute atomic E-state index is 16.4. The highest BCUT2D eigenvalue weighted by molar-refractivity contribution is 6.06. The predicted molar refractivity (Wildman–Crippen MR) is 177 cm³/mol. The van der Waals surface area contributed by atoms with Gasteiger partial charge < -0.3 is 4.42 Å². The number of benzene rings is 6. The Morgan fingerprint density at radius 3 is 1.54 bits per heavy atom. The van der Waals surface area contributed by atoms with Gasteiger partial charge in [-0.15, -0.1) is 0 Å². The van der Waals surface area contributed by atoms with Crippen LogP contribution in [0.3, 0.4) is 0 Å². The first-order valence-corrected chi connectivity index (χ1v) is 15.0. The van der Waals surface area contributed by atoms with Crippen LogP contribution < -0.4 is 0 Å². The second-order valence-corrected chi connectivity index (χ2v) is 11.4. The Hall–Kier alpha value is -6.01. The van der Waals surface area contributed by atoms with Crippen molar-refractivity contribution in [1.29, 1.82) is 0 Å². The van der Waals surface area contributed by atoms with Gasteiger partial charge in [0.25, 0.3) is 5.92 Å². The number of furan rings is 1. The molecule has 2 aromatic heterocycles. The van der Waals surface area contributed by atoms with Crippen molar-refractivity contribution >= 4 is 21.9 Å². The van der Waals surface area contributed by atoms with Gasteiger partial charge in [-0.25, -0.2) is 15.0 Å². The molecule has 0 atom stereocenters. The van der Waals surface area contributed by atoms with Crippen LogP contribution in [0.4, 0.5) is 8.78 Å². The molecule has 4 nitrogen and oxygen atoms in total. The van der Waals surface area contributed by atoms with Gasteiger partial charge in [0, 0.05) is 38.6 Å². The molecule has 2 heterocycles. The smallest absolute Gasteiger partial charge is 0.299 e. The first kappa shape index (κ1) is 26.4. The summed E-state index contributed by atoms with van der Waals surface area (Å²) < 4.78 is 38.7. The summed E-state index contributed by atoms with van der Waals surface area (Å²) in [5.41, 5.74) is 6.22. The van der Waals surface area contributed by atoms with Crippen LogP contribution in [-0.2, 0) is 5.92 Å². The molecule has 0 spiro atoms. The lowest BCUT2D eigenvalue weighted by Gasteiger charge is -2.14. The Kier molecular flexibility index (Phi) is 5.74. The molecule has 0 bridgehead atoms. The largest absolute Gasteiger partial charge is 0.456 e. The van der Waals surface area contributed by atoms with Crippen molar-refractivity contribution < 1.29 is 13.2 Å². The van der Waals surface area contributed by atoms with Crippen LogP contribution >= 0.6 is 0 Å². The van der Waals surface area contributed by atoms with E-state index < -0.39 is 5.92 Å². The van der Waals surface area contributed by atoms with Crippen LogP contribution in [0.25, 0.3) is 78.4 Å². The minimum Gasteiger partial charge on any atom is -0.456 e.